The zero-order chi connectivity index (χ0) is 16.0. The number of anilines is 1. The summed E-state index contributed by atoms with van der Waals surface area (Å²) >= 11 is 5.69. The maximum atomic E-state index is 11.4. The summed E-state index contributed by atoms with van der Waals surface area (Å²) in [6, 6.07) is 2.60. The van der Waals surface area contributed by atoms with Crippen molar-refractivity contribution in [1.82, 2.24) is 10.3 Å². The first-order valence-electron chi connectivity index (χ1n) is 6.21. The molecule has 0 unspecified atom stereocenters. The lowest BCUT2D eigenvalue weighted by Crippen LogP contribution is -2.35. The van der Waals surface area contributed by atoms with Crippen LogP contribution in [0.3, 0.4) is 0 Å². The minimum atomic E-state index is -0.579. The highest BCUT2D eigenvalue weighted by Gasteiger charge is 2.17. The number of nitrogens with one attached hydrogen (secondary N) is 2. The molecule has 1 rings (SSSR count). The van der Waals surface area contributed by atoms with E-state index < -0.39 is 16.6 Å². The molecule has 0 atom stereocenters. The molecule has 1 heterocycles. The summed E-state index contributed by atoms with van der Waals surface area (Å²) in [5.41, 5.74) is -0.762. The fraction of sp³-hybridized carbons (Fsp3) is 0.500. The number of alkyl carbamates (subject to hydrolysis) is 1. The zero-order valence-corrected chi connectivity index (χ0v) is 12.7. The SMILES string of the molecule is CC(C)(C)OC(=O)NCCNc1nc(Cl)ccc1[N+](=O)[O-]. The van der Waals surface area contributed by atoms with Crippen molar-refractivity contribution in [3.05, 3.63) is 27.4 Å². The molecule has 0 saturated heterocycles. The van der Waals surface area contributed by atoms with Crippen molar-refractivity contribution in [1.29, 1.82) is 0 Å². The van der Waals surface area contributed by atoms with Crippen molar-refractivity contribution >= 4 is 29.2 Å². The number of hydrogen-bond donors (Lipinski definition) is 2. The monoisotopic (exact) mass is 316 g/mol. The maximum Gasteiger partial charge on any atom is 0.407 e. The average molecular weight is 317 g/mol. The lowest BCUT2D eigenvalue weighted by molar-refractivity contribution is -0.384. The normalized spacial score (nSPS) is 10.9. The first kappa shape index (κ1) is 17.0. The van der Waals surface area contributed by atoms with E-state index in [0.717, 1.165) is 0 Å². The molecule has 1 aromatic rings. The van der Waals surface area contributed by atoms with Crippen molar-refractivity contribution in [2.75, 3.05) is 18.4 Å². The summed E-state index contributed by atoms with van der Waals surface area (Å²) in [7, 11) is 0. The summed E-state index contributed by atoms with van der Waals surface area (Å²) in [6.07, 6.45) is -0.558. The predicted octanol–water partition coefficient (Wildman–Crippen LogP) is 2.58. The molecule has 0 aliphatic heterocycles. The number of carbonyl (C=O) groups is 1. The molecule has 116 valence electrons. The molecule has 0 saturated carbocycles. The second-order valence-electron chi connectivity index (χ2n) is 5.11. The Morgan fingerprint density at radius 2 is 2.10 bits per heavy atom. The van der Waals surface area contributed by atoms with Crippen molar-refractivity contribution in [3.8, 4) is 0 Å². The number of hydrogen-bond acceptors (Lipinski definition) is 6. The van der Waals surface area contributed by atoms with Gasteiger partial charge in [-0.05, 0) is 26.8 Å². The minimum Gasteiger partial charge on any atom is -0.444 e. The molecule has 9 heteroatoms. The molecule has 0 aliphatic carbocycles. The average Bonchev–Trinajstić information content (AvgIpc) is 2.32. The minimum absolute atomic E-state index is 0.0542. The Balaban J connectivity index is 2.48. The highest BCUT2D eigenvalue weighted by atomic mass is 35.5. The summed E-state index contributed by atoms with van der Waals surface area (Å²) in [5, 5.41) is 16.2. The van der Waals surface area contributed by atoms with Crippen LogP contribution < -0.4 is 10.6 Å². The van der Waals surface area contributed by atoms with Crippen LogP contribution in [0.15, 0.2) is 12.1 Å². The van der Waals surface area contributed by atoms with E-state index in [9.17, 15) is 14.9 Å². The van der Waals surface area contributed by atoms with Gasteiger partial charge in [0.1, 0.15) is 10.8 Å². The number of halogens is 1. The van der Waals surface area contributed by atoms with Crippen LogP contribution in [-0.2, 0) is 4.74 Å². The van der Waals surface area contributed by atoms with Gasteiger partial charge >= 0.3 is 11.8 Å². The lowest BCUT2D eigenvalue weighted by Gasteiger charge is -2.19. The molecular formula is C12H17ClN4O4. The van der Waals surface area contributed by atoms with E-state index in [1.165, 1.54) is 12.1 Å². The molecule has 1 aromatic heterocycles. The van der Waals surface area contributed by atoms with E-state index >= 15 is 0 Å². The molecule has 21 heavy (non-hydrogen) atoms. The smallest absolute Gasteiger partial charge is 0.407 e. The van der Waals surface area contributed by atoms with Crippen LogP contribution in [-0.4, -0.2) is 34.7 Å². The van der Waals surface area contributed by atoms with Gasteiger partial charge in [0, 0.05) is 19.2 Å². The van der Waals surface area contributed by atoms with E-state index in [2.05, 4.69) is 15.6 Å². The fourth-order valence-corrected chi connectivity index (χ4v) is 1.51. The first-order chi connectivity index (χ1) is 9.69. The number of ether oxygens (including phenoxy) is 1. The van der Waals surface area contributed by atoms with Gasteiger partial charge in [-0.3, -0.25) is 10.1 Å². The molecule has 8 nitrogen and oxygen atoms in total. The molecule has 1 amide bonds. The second-order valence-corrected chi connectivity index (χ2v) is 5.50. The number of nitro groups is 1. The van der Waals surface area contributed by atoms with Crippen molar-refractivity contribution < 1.29 is 14.5 Å². The Morgan fingerprint density at radius 3 is 2.67 bits per heavy atom. The lowest BCUT2D eigenvalue weighted by atomic mass is 10.2. The quantitative estimate of drug-likeness (QED) is 0.374. The molecule has 0 aromatic carbocycles. The molecule has 0 aliphatic rings. The summed E-state index contributed by atoms with van der Waals surface area (Å²) in [6.45, 7) is 5.73. The van der Waals surface area contributed by atoms with Crippen LogP contribution in [0.25, 0.3) is 0 Å². The highest BCUT2D eigenvalue weighted by Crippen LogP contribution is 2.23. The molecule has 0 bridgehead atoms. The van der Waals surface area contributed by atoms with Crippen LogP contribution in [0.2, 0.25) is 5.15 Å². The number of pyridine rings is 1. The Kier molecular flexibility index (Phi) is 5.71. The van der Waals surface area contributed by atoms with Gasteiger partial charge in [-0.25, -0.2) is 9.78 Å². The van der Waals surface area contributed by atoms with Gasteiger partial charge in [-0.2, -0.15) is 0 Å². The topological polar surface area (TPSA) is 106 Å². The molecular weight excluding hydrogens is 300 g/mol. The van der Waals surface area contributed by atoms with Crippen LogP contribution in [0.5, 0.6) is 0 Å². The number of carbonyl (C=O) groups excluding carboxylic acids is 1. The Labute approximate surface area is 127 Å². The van der Waals surface area contributed by atoms with Gasteiger partial charge < -0.3 is 15.4 Å². The van der Waals surface area contributed by atoms with Gasteiger partial charge in [0.15, 0.2) is 0 Å². The summed E-state index contributed by atoms with van der Waals surface area (Å²) in [5.74, 6) is 0.0542. The number of amides is 1. The first-order valence-corrected chi connectivity index (χ1v) is 6.58. The van der Waals surface area contributed by atoms with Gasteiger partial charge in [0.25, 0.3) is 0 Å². The molecule has 0 spiro atoms. The van der Waals surface area contributed by atoms with Crippen molar-refractivity contribution in [3.63, 3.8) is 0 Å². The number of nitrogens with zero attached hydrogens (tertiary/aromatic N) is 2. The van der Waals surface area contributed by atoms with E-state index in [4.69, 9.17) is 16.3 Å². The van der Waals surface area contributed by atoms with E-state index in [1.54, 1.807) is 20.8 Å². The number of aromatic nitrogens is 1. The Morgan fingerprint density at radius 1 is 1.43 bits per heavy atom. The Bertz CT molecular complexity index is 530. The van der Waals surface area contributed by atoms with E-state index in [-0.39, 0.29) is 29.7 Å². The summed E-state index contributed by atoms with van der Waals surface area (Å²) in [4.78, 5) is 25.5. The third-order valence-corrected chi connectivity index (χ3v) is 2.33. The zero-order valence-electron chi connectivity index (χ0n) is 12.0. The standard InChI is InChI=1S/C12H17ClN4O4/c1-12(2,3)21-11(18)15-7-6-14-10-8(17(19)20)4-5-9(13)16-10/h4-5H,6-7H2,1-3H3,(H,14,16)(H,15,18). The predicted molar refractivity (Wildman–Crippen MR) is 78.6 cm³/mol. The van der Waals surface area contributed by atoms with Gasteiger partial charge in [0.2, 0.25) is 5.82 Å². The van der Waals surface area contributed by atoms with E-state index in [1.807, 2.05) is 0 Å². The van der Waals surface area contributed by atoms with Crippen LogP contribution >= 0.6 is 11.6 Å². The molecule has 2 N–H and O–H groups in total. The van der Waals surface area contributed by atoms with Crippen LogP contribution in [0, 0.1) is 10.1 Å². The molecule has 0 fully saturated rings. The van der Waals surface area contributed by atoms with Crippen molar-refractivity contribution in [2.45, 2.75) is 26.4 Å². The molecule has 0 radical (unpaired) electrons. The Hall–Kier alpha value is -2.09. The second kappa shape index (κ2) is 7.07. The number of rotatable bonds is 5. The van der Waals surface area contributed by atoms with Crippen LogP contribution in [0.1, 0.15) is 20.8 Å². The highest BCUT2D eigenvalue weighted by molar-refractivity contribution is 6.29. The van der Waals surface area contributed by atoms with Gasteiger partial charge in [-0.15, -0.1) is 0 Å². The van der Waals surface area contributed by atoms with Gasteiger partial charge in [0.05, 0.1) is 4.92 Å². The van der Waals surface area contributed by atoms with E-state index in [0.29, 0.717) is 0 Å². The van der Waals surface area contributed by atoms with Gasteiger partial charge in [-0.1, -0.05) is 11.6 Å². The van der Waals surface area contributed by atoms with Crippen molar-refractivity contribution in [2.24, 2.45) is 0 Å². The fourth-order valence-electron chi connectivity index (χ4n) is 1.37. The third-order valence-electron chi connectivity index (χ3n) is 2.12. The maximum absolute atomic E-state index is 11.4. The third kappa shape index (κ3) is 6.26. The summed E-state index contributed by atoms with van der Waals surface area (Å²) < 4.78 is 5.05. The van der Waals surface area contributed by atoms with Crippen LogP contribution in [0.4, 0.5) is 16.3 Å². The largest absolute Gasteiger partial charge is 0.444 e.